The van der Waals surface area contributed by atoms with Gasteiger partial charge >= 0.3 is 6.03 Å². The lowest BCUT2D eigenvalue weighted by molar-refractivity contribution is 0.126. The molecule has 2 atom stereocenters. The molecule has 5 nitrogen and oxygen atoms in total. The smallest absolute Gasteiger partial charge is 0.319 e. The van der Waals surface area contributed by atoms with Crippen molar-refractivity contribution < 1.29 is 9.53 Å². The van der Waals surface area contributed by atoms with Crippen molar-refractivity contribution in [3.05, 3.63) is 24.5 Å². The Balaban J connectivity index is 1.68. The number of hydrogen-bond donors (Lipinski definition) is 0. The molecule has 1 aliphatic heterocycles. The van der Waals surface area contributed by atoms with Gasteiger partial charge in [0.1, 0.15) is 5.75 Å². The molecule has 21 heavy (non-hydrogen) atoms. The molecule has 2 heterocycles. The summed E-state index contributed by atoms with van der Waals surface area (Å²) in [6.45, 7) is 2.36. The summed E-state index contributed by atoms with van der Waals surface area (Å²) in [6.07, 6.45) is 7.09. The Labute approximate surface area is 125 Å². The fourth-order valence-corrected chi connectivity index (χ4v) is 3.74. The Morgan fingerprint density at radius 3 is 3.14 bits per heavy atom. The van der Waals surface area contributed by atoms with Crippen LogP contribution < -0.4 is 4.74 Å². The Morgan fingerprint density at radius 1 is 1.57 bits per heavy atom. The first-order valence-corrected chi connectivity index (χ1v) is 7.60. The molecular weight excluding hydrogens is 266 g/mol. The van der Waals surface area contributed by atoms with E-state index < -0.39 is 0 Å². The Bertz CT molecular complexity index is 506. The highest BCUT2D eigenvalue weighted by molar-refractivity contribution is 5.74. The molecule has 0 spiro atoms. The van der Waals surface area contributed by atoms with Gasteiger partial charge in [0.25, 0.3) is 0 Å². The van der Waals surface area contributed by atoms with Crippen LogP contribution in [0.4, 0.5) is 4.79 Å². The van der Waals surface area contributed by atoms with Crippen LogP contribution in [0.3, 0.4) is 0 Å². The van der Waals surface area contributed by atoms with E-state index >= 15 is 0 Å². The second-order valence-corrected chi connectivity index (χ2v) is 6.49. The zero-order chi connectivity index (χ0) is 14.9. The number of aromatic nitrogens is 1. The summed E-state index contributed by atoms with van der Waals surface area (Å²) in [6, 6.07) is 3.94. The molecule has 1 saturated heterocycles. The molecule has 0 radical (unpaired) electrons. The minimum absolute atomic E-state index is 0.116. The number of hydrogen-bond acceptors (Lipinski definition) is 3. The molecule has 0 bridgehead atoms. The average molecular weight is 289 g/mol. The van der Waals surface area contributed by atoms with E-state index in [2.05, 4.69) is 4.98 Å². The quantitative estimate of drug-likeness (QED) is 0.857. The highest BCUT2D eigenvalue weighted by Gasteiger charge is 2.51. The second-order valence-electron chi connectivity index (χ2n) is 6.49. The Morgan fingerprint density at radius 2 is 2.43 bits per heavy atom. The molecule has 0 unspecified atom stereocenters. The lowest BCUT2D eigenvalue weighted by Gasteiger charge is -2.29. The molecular formula is C16H23N3O2. The molecule has 1 aromatic heterocycles. The summed E-state index contributed by atoms with van der Waals surface area (Å²) < 4.78 is 5.97. The summed E-state index contributed by atoms with van der Waals surface area (Å²) in [7, 11) is 3.63. The van der Waals surface area contributed by atoms with E-state index in [1.807, 2.05) is 31.1 Å². The number of nitrogens with zero attached hydrogens (tertiary/aromatic N) is 3. The SMILES string of the molecule is CN(C)C(=O)N1C[C@H]2CCC[C@@]2(COc2cccnc2)C1. The summed E-state index contributed by atoms with van der Waals surface area (Å²) in [5.74, 6) is 1.38. The number of likely N-dealkylation sites (tertiary alicyclic amines) is 1. The largest absolute Gasteiger partial charge is 0.491 e. The first-order chi connectivity index (χ1) is 10.1. The first kappa shape index (κ1) is 14.2. The maximum absolute atomic E-state index is 12.2. The van der Waals surface area contributed by atoms with Gasteiger partial charge in [0.15, 0.2) is 0 Å². The van der Waals surface area contributed by atoms with E-state index in [0.717, 1.165) is 25.3 Å². The first-order valence-electron chi connectivity index (χ1n) is 7.60. The van der Waals surface area contributed by atoms with Gasteiger partial charge in [-0.3, -0.25) is 4.98 Å². The van der Waals surface area contributed by atoms with Crippen LogP contribution in [0, 0.1) is 11.3 Å². The van der Waals surface area contributed by atoms with Crippen LogP contribution in [0.25, 0.3) is 0 Å². The number of pyridine rings is 1. The maximum Gasteiger partial charge on any atom is 0.319 e. The molecule has 3 rings (SSSR count). The third kappa shape index (κ3) is 2.69. The van der Waals surface area contributed by atoms with Crippen molar-refractivity contribution in [3.63, 3.8) is 0 Å². The predicted octanol–water partition coefficient (Wildman–Crippen LogP) is 2.24. The Kier molecular flexibility index (Phi) is 3.74. The van der Waals surface area contributed by atoms with E-state index in [1.54, 1.807) is 17.3 Å². The van der Waals surface area contributed by atoms with Crippen molar-refractivity contribution in [2.24, 2.45) is 11.3 Å². The fraction of sp³-hybridized carbons (Fsp3) is 0.625. The van der Waals surface area contributed by atoms with E-state index in [4.69, 9.17) is 4.74 Å². The zero-order valence-electron chi connectivity index (χ0n) is 12.8. The van der Waals surface area contributed by atoms with Crippen LogP contribution in [0.15, 0.2) is 24.5 Å². The van der Waals surface area contributed by atoms with Crippen molar-refractivity contribution >= 4 is 6.03 Å². The van der Waals surface area contributed by atoms with Crippen LogP contribution in [-0.2, 0) is 0 Å². The van der Waals surface area contributed by atoms with Gasteiger partial charge in [-0.15, -0.1) is 0 Å². The normalized spacial score (nSPS) is 27.5. The summed E-state index contributed by atoms with van der Waals surface area (Å²) in [4.78, 5) is 19.9. The molecule has 1 aliphatic carbocycles. The molecule has 2 amide bonds. The summed E-state index contributed by atoms with van der Waals surface area (Å²) >= 11 is 0. The minimum Gasteiger partial charge on any atom is -0.491 e. The molecule has 5 heteroatoms. The molecule has 0 N–H and O–H groups in total. The van der Waals surface area contributed by atoms with Gasteiger partial charge in [-0.1, -0.05) is 6.42 Å². The second kappa shape index (κ2) is 5.54. The monoisotopic (exact) mass is 289 g/mol. The molecule has 114 valence electrons. The number of amides is 2. The van der Waals surface area contributed by atoms with E-state index in [0.29, 0.717) is 12.5 Å². The molecule has 2 aliphatic rings. The van der Waals surface area contributed by atoms with Gasteiger partial charge < -0.3 is 14.5 Å². The van der Waals surface area contributed by atoms with Crippen LogP contribution in [-0.4, -0.2) is 54.6 Å². The van der Waals surface area contributed by atoms with Crippen LogP contribution in [0.2, 0.25) is 0 Å². The van der Waals surface area contributed by atoms with Gasteiger partial charge in [0.2, 0.25) is 0 Å². The highest BCUT2D eigenvalue weighted by Crippen LogP contribution is 2.49. The van der Waals surface area contributed by atoms with E-state index in [-0.39, 0.29) is 11.4 Å². The Hall–Kier alpha value is -1.78. The number of ether oxygens (including phenoxy) is 1. The summed E-state index contributed by atoms with van der Waals surface area (Å²) in [5.41, 5.74) is 0.126. The third-order valence-corrected chi connectivity index (χ3v) is 4.85. The molecule has 0 aromatic carbocycles. The lowest BCUT2D eigenvalue weighted by Crippen LogP contribution is -2.40. The van der Waals surface area contributed by atoms with Gasteiger partial charge in [-0.2, -0.15) is 0 Å². The van der Waals surface area contributed by atoms with E-state index in [9.17, 15) is 4.79 Å². The number of fused-ring (bicyclic) bond motifs is 1. The highest BCUT2D eigenvalue weighted by atomic mass is 16.5. The van der Waals surface area contributed by atoms with Crippen molar-refractivity contribution in [2.45, 2.75) is 19.3 Å². The molecule has 1 saturated carbocycles. The number of urea groups is 1. The van der Waals surface area contributed by atoms with Gasteiger partial charge in [0, 0.05) is 38.8 Å². The van der Waals surface area contributed by atoms with Crippen molar-refractivity contribution in [1.29, 1.82) is 0 Å². The maximum atomic E-state index is 12.2. The minimum atomic E-state index is 0.116. The van der Waals surface area contributed by atoms with Gasteiger partial charge in [-0.05, 0) is 30.9 Å². The zero-order valence-corrected chi connectivity index (χ0v) is 12.8. The lowest BCUT2D eigenvalue weighted by atomic mass is 9.81. The molecule has 2 fully saturated rings. The van der Waals surface area contributed by atoms with Crippen molar-refractivity contribution in [2.75, 3.05) is 33.8 Å². The average Bonchev–Trinajstić information content (AvgIpc) is 3.02. The van der Waals surface area contributed by atoms with Crippen molar-refractivity contribution in [3.8, 4) is 5.75 Å². The third-order valence-electron chi connectivity index (χ3n) is 4.85. The number of rotatable bonds is 3. The van der Waals surface area contributed by atoms with Gasteiger partial charge in [-0.25, -0.2) is 4.79 Å². The van der Waals surface area contributed by atoms with E-state index in [1.165, 1.54) is 12.8 Å². The number of carbonyl (C=O) groups is 1. The summed E-state index contributed by atoms with van der Waals surface area (Å²) in [5, 5.41) is 0. The number of carbonyl (C=O) groups excluding carboxylic acids is 1. The topological polar surface area (TPSA) is 45.7 Å². The van der Waals surface area contributed by atoms with Gasteiger partial charge in [0.05, 0.1) is 12.8 Å². The van der Waals surface area contributed by atoms with Crippen LogP contribution in [0.1, 0.15) is 19.3 Å². The molecule has 1 aromatic rings. The van der Waals surface area contributed by atoms with Crippen LogP contribution in [0.5, 0.6) is 5.75 Å². The van der Waals surface area contributed by atoms with Crippen LogP contribution >= 0.6 is 0 Å². The standard InChI is InChI=1S/C16H23N3O2/c1-18(2)15(20)19-10-13-5-3-7-16(13,11-19)12-21-14-6-4-8-17-9-14/h4,6,8-9,13H,3,5,7,10-12H2,1-2H3/t13-,16+/m1/s1. The fourth-order valence-electron chi connectivity index (χ4n) is 3.74. The van der Waals surface area contributed by atoms with Crippen molar-refractivity contribution in [1.82, 2.24) is 14.8 Å². The predicted molar refractivity (Wildman–Crippen MR) is 80.2 cm³/mol.